The molecule has 0 aromatic carbocycles. The second kappa shape index (κ2) is 6.19. The molecule has 7 nitrogen and oxygen atoms in total. The Hall–Kier alpha value is -1.63. The summed E-state index contributed by atoms with van der Waals surface area (Å²) in [4.78, 5) is 32.7. The summed E-state index contributed by atoms with van der Waals surface area (Å²) in [6.45, 7) is 0.491. The van der Waals surface area contributed by atoms with Crippen molar-refractivity contribution >= 4 is 17.8 Å². The quantitative estimate of drug-likeness (QED) is 0.586. The number of carbonyl (C=O) groups is 3. The highest BCUT2D eigenvalue weighted by Gasteiger charge is 2.28. The molecular formula is C10H15NO6. The fourth-order valence-electron chi connectivity index (χ4n) is 1.57. The van der Waals surface area contributed by atoms with Crippen LogP contribution in [0.25, 0.3) is 0 Å². The van der Waals surface area contributed by atoms with E-state index in [-0.39, 0.29) is 12.8 Å². The number of rotatable bonds is 6. The van der Waals surface area contributed by atoms with Crippen LogP contribution in [0.1, 0.15) is 25.7 Å². The molecule has 1 aliphatic heterocycles. The van der Waals surface area contributed by atoms with Gasteiger partial charge in [-0.05, 0) is 19.3 Å². The predicted octanol–water partition coefficient (Wildman–Crippen LogP) is -0.400. The normalized spacial score (nSPS) is 20.8. The Morgan fingerprint density at radius 3 is 2.53 bits per heavy atom. The molecule has 1 aliphatic rings. The first-order chi connectivity index (χ1) is 8.00. The minimum Gasteiger partial charge on any atom is -0.481 e. The van der Waals surface area contributed by atoms with Gasteiger partial charge in [-0.1, -0.05) is 0 Å². The van der Waals surface area contributed by atoms with Crippen molar-refractivity contribution in [2.24, 2.45) is 0 Å². The molecule has 2 atom stereocenters. The SMILES string of the molecule is O=C(O)CC[C@@H](NC(=O)[C@@H]1CCCO1)C(=O)O. The van der Waals surface area contributed by atoms with Crippen LogP contribution in [0.15, 0.2) is 0 Å². The lowest BCUT2D eigenvalue weighted by Gasteiger charge is -2.16. The van der Waals surface area contributed by atoms with Gasteiger partial charge in [0.2, 0.25) is 5.91 Å². The first kappa shape index (κ1) is 13.4. The minimum absolute atomic E-state index is 0.136. The van der Waals surface area contributed by atoms with Gasteiger partial charge in [-0.25, -0.2) is 4.79 Å². The highest BCUT2D eigenvalue weighted by Crippen LogP contribution is 2.12. The molecule has 7 heteroatoms. The zero-order valence-electron chi connectivity index (χ0n) is 9.22. The van der Waals surface area contributed by atoms with Gasteiger partial charge in [0, 0.05) is 13.0 Å². The van der Waals surface area contributed by atoms with Gasteiger partial charge in [0.25, 0.3) is 0 Å². The summed E-state index contributed by atoms with van der Waals surface area (Å²) in [5.74, 6) is -2.82. The molecule has 0 radical (unpaired) electrons. The molecule has 1 heterocycles. The number of hydrogen-bond acceptors (Lipinski definition) is 4. The zero-order valence-corrected chi connectivity index (χ0v) is 9.22. The largest absolute Gasteiger partial charge is 0.481 e. The zero-order chi connectivity index (χ0) is 12.8. The highest BCUT2D eigenvalue weighted by atomic mass is 16.5. The minimum atomic E-state index is -1.24. The third-order valence-corrected chi connectivity index (χ3v) is 2.48. The van der Waals surface area contributed by atoms with E-state index < -0.39 is 30.0 Å². The smallest absolute Gasteiger partial charge is 0.326 e. The van der Waals surface area contributed by atoms with Crippen LogP contribution in [-0.4, -0.2) is 46.8 Å². The summed E-state index contributed by atoms with van der Waals surface area (Å²) >= 11 is 0. The molecule has 17 heavy (non-hydrogen) atoms. The van der Waals surface area contributed by atoms with Gasteiger partial charge in [-0.3, -0.25) is 9.59 Å². The van der Waals surface area contributed by atoms with E-state index in [9.17, 15) is 14.4 Å². The van der Waals surface area contributed by atoms with Crippen molar-refractivity contribution in [3.8, 4) is 0 Å². The lowest BCUT2D eigenvalue weighted by Crippen LogP contribution is -2.45. The topological polar surface area (TPSA) is 113 Å². The average Bonchev–Trinajstić information content (AvgIpc) is 2.76. The van der Waals surface area contributed by atoms with E-state index in [1.807, 2.05) is 0 Å². The summed E-state index contributed by atoms with van der Waals surface area (Å²) in [5.41, 5.74) is 0. The molecule has 0 aromatic rings. The van der Waals surface area contributed by atoms with E-state index in [4.69, 9.17) is 14.9 Å². The van der Waals surface area contributed by atoms with Crippen molar-refractivity contribution in [2.45, 2.75) is 37.8 Å². The third-order valence-electron chi connectivity index (χ3n) is 2.48. The Morgan fingerprint density at radius 2 is 2.06 bits per heavy atom. The van der Waals surface area contributed by atoms with Gasteiger partial charge in [0.05, 0.1) is 0 Å². The van der Waals surface area contributed by atoms with E-state index in [1.165, 1.54) is 0 Å². The molecule has 0 aliphatic carbocycles. The molecule has 0 saturated carbocycles. The molecule has 0 unspecified atom stereocenters. The molecular weight excluding hydrogens is 230 g/mol. The average molecular weight is 245 g/mol. The van der Waals surface area contributed by atoms with Crippen LogP contribution >= 0.6 is 0 Å². The number of carboxylic acid groups (broad SMARTS) is 2. The molecule has 1 rings (SSSR count). The van der Waals surface area contributed by atoms with Crippen molar-refractivity contribution in [3.05, 3.63) is 0 Å². The van der Waals surface area contributed by atoms with Crippen molar-refractivity contribution in [2.75, 3.05) is 6.61 Å². The van der Waals surface area contributed by atoms with Gasteiger partial charge >= 0.3 is 11.9 Å². The van der Waals surface area contributed by atoms with Gasteiger partial charge in [-0.2, -0.15) is 0 Å². The molecule has 1 saturated heterocycles. The predicted molar refractivity (Wildman–Crippen MR) is 55.4 cm³/mol. The maximum Gasteiger partial charge on any atom is 0.326 e. The van der Waals surface area contributed by atoms with Crippen molar-refractivity contribution in [1.29, 1.82) is 0 Å². The second-order valence-corrected chi connectivity index (χ2v) is 3.83. The maximum absolute atomic E-state index is 11.6. The van der Waals surface area contributed by atoms with Crippen LogP contribution < -0.4 is 5.32 Å². The standard InChI is InChI=1S/C10H15NO6/c12-8(13)4-3-6(10(15)16)11-9(14)7-2-1-5-17-7/h6-7H,1-5H2,(H,11,14)(H,12,13)(H,15,16)/t6-,7+/m1/s1. The lowest BCUT2D eigenvalue weighted by atomic mass is 10.1. The molecule has 1 amide bonds. The summed E-state index contributed by atoms with van der Waals surface area (Å²) in [7, 11) is 0. The van der Waals surface area contributed by atoms with E-state index in [2.05, 4.69) is 5.32 Å². The summed E-state index contributed by atoms with van der Waals surface area (Å²) in [5, 5.41) is 19.6. The monoisotopic (exact) mass is 245 g/mol. The lowest BCUT2D eigenvalue weighted by molar-refractivity contribution is -0.144. The van der Waals surface area contributed by atoms with E-state index in [0.717, 1.165) is 6.42 Å². The van der Waals surface area contributed by atoms with Crippen molar-refractivity contribution in [3.63, 3.8) is 0 Å². The number of ether oxygens (including phenoxy) is 1. The summed E-state index contributed by atoms with van der Waals surface area (Å²) in [6.07, 6.45) is 0.287. The van der Waals surface area contributed by atoms with Gasteiger partial charge in [0.1, 0.15) is 12.1 Å². The molecule has 0 bridgehead atoms. The summed E-state index contributed by atoms with van der Waals surface area (Å²) in [6, 6.07) is -1.18. The maximum atomic E-state index is 11.6. The van der Waals surface area contributed by atoms with E-state index in [1.54, 1.807) is 0 Å². The fraction of sp³-hybridized carbons (Fsp3) is 0.700. The number of amides is 1. The van der Waals surface area contributed by atoms with Crippen LogP contribution in [0.2, 0.25) is 0 Å². The molecule has 96 valence electrons. The molecule has 0 spiro atoms. The van der Waals surface area contributed by atoms with Crippen LogP contribution in [0.5, 0.6) is 0 Å². The molecule has 1 fully saturated rings. The first-order valence-electron chi connectivity index (χ1n) is 5.37. The fourth-order valence-corrected chi connectivity index (χ4v) is 1.57. The number of aliphatic carboxylic acids is 2. The van der Waals surface area contributed by atoms with Crippen LogP contribution in [0.3, 0.4) is 0 Å². The summed E-state index contributed by atoms with van der Waals surface area (Å²) < 4.78 is 5.10. The molecule has 0 aromatic heterocycles. The number of hydrogen-bond donors (Lipinski definition) is 3. The Morgan fingerprint density at radius 1 is 1.35 bits per heavy atom. The Balaban J connectivity index is 2.44. The third kappa shape index (κ3) is 4.39. The Bertz CT molecular complexity index is 310. The van der Waals surface area contributed by atoms with E-state index >= 15 is 0 Å². The Kier molecular flexibility index (Phi) is 4.89. The number of nitrogens with one attached hydrogen (secondary N) is 1. The Labute approximate surface area is 97.8 Å². The van der Waals surface area contributed by atoms with Gasteiger partial charge < -0.3 is 20.3 Å². The van der Waals surface area contributed by atoms with Gasteiger partial charge in [-0.15, -0.1) is 0 Å². The van der Waals surface area contributed by atoms with Crippen molar-refractivity contribution in [1.82, 2.24) is 5.32 Å². The molecule has 3 N–H and O–H groups in total. The first-order valence-corrected chi connectivity index (χ1v) is 5.37. The number of carboxylic acids is 2. The van der Waals surface area contributed by atoms with E-state index in [0.29, 0.717) is 13.0 Å². The highest BCUT2D eigenvalue weighted by molar-refractivity contribution is 5.86. The number of carbonyl (C=O) groups excluding carboxylic acids is 1. The van der Waals surface area contributed by atoms with Crippen LogP contribution in [-0.2, 0) is 19.1 Å². The second-order valence-electron chi connectivity index (χ2n) is 3.83. The van der Waals surface area contributed by atoms with Crippen LogP contribution in [0, 0.1) is 0 Å². The van der Waals surface area contributed by atoms with Gasteiger partial charge in [0.15, 0.2) is 0 Å². The van der Waals surface area contributed by atoms with Crippen LogP contribution in [0.4, 0.5) is 0 Å². The van der Waals surface area contributed by atoms with Crippen molar-refractivity contribution < 1.29 is 29.3 Å².